The second kappa shape index (κ2) is 7.54. The summed E-state index contributed by atoms with van der Waals surface area (Å²) in [5.74, 6) is -0.192. The second-order valence-electron chi connectivity index (χ2n) is 5.13. The highest BCUT2D eigenvalue weighted by Crippen LogP contribution is 2.31. The molecule has 2 rings (SSSR count). The van der Waals surface area contributed by atoms with Crippen molar-refractivity contribution in [1.82, 2.24) is 5.32 Å². The van der Waals surface area contributed by atoms with Crippen molar-refractivity contribution in [3.63, 3.8) is 0 Å². The number of alkyl halides is 3. The van der Waals surface area contributed by atoms with Gasteiger partial charge in [0.1, 0.15) is 6.61 Å². The Morgan fingerprint density at radius 1 is 1.05 bits per heavy atom. The number of halogens is 3. The quantitative estimate of drug-likeness (QED) is 0.809. The van der Waals surface area contributed by atoms with Crippen LogP contribution in [0.5, 0.6) is 11.5 Å². The number of hydrogen-bond donors (Lipinski definition) is 1. The fraction of sp³-hybridized carbons (Fsp3) is 0.600. The fourth-order valence-corrected chi connectivity index (χ4v) is 2.51. The van der Waals surface area contributed by atoms with E-state index < -0.39 is 6.36 Å². The minimum absolute atomic E-state index is 0.111. The molecule has 6 heteroatoms. The van der Waals surface area contributed by atoms with Crippen LogP contribution >= 0.6 is 0 Å². The molecule has 1 aromatic carbocycles. The smallest absolute Gasteiger partial charge is 0.488 e. The maximum Gasteiger partial charge on any atom is 0.573 e. The zero-order valence-corrected chi connectivity index (χ0v) is 11.8. The average Bonchev–Trinajstić information content (AvgIpc) is 2.45. The Bertz CT molecular complexity index is 431. The summed E-state index contributed by atoms with van der Waals surface area (Å²) in [7, 11) is 0. The van der Waals surface area contributed by atoms with Gasteiger partial charge in [-0.2, -0.15) is 0 Å². The first-order chi connectivity index (χ1) is 10.0. The van der Waals surface area contributed by atoms with Crippen molar-refractivity contribution in [1.29, 1.82) is 0 Å². The van der Waals surface area contributed by atoms with Crippen molar-refractivity contribution in [2.75, 3.05) is 13.2 Å². The third-order valence-electron chi connectivity index (χ3n) is 3.47. The molecule has 1 aliphatic rings. The molecule has 0 radical (unpaired) electrons. The molecule has 0 unspecified atom stereocenters. The summed E-state index contributed by atoms with van der Waals surface area (Å²) >= 11 is 0. The fourth-order valence-electron chi connectivity index (χ4n) is 2.51. The molecule has 0 aliphatic heterocycles. The van der Waals surface area contributed by atoms with E-state index in [4.69, 9.17) is 4.74 Å². The van der Waals surface area contributed by atoms with E-state index in [1.165, 1.54) is 37.5 Å². The Balaban J connectivity index is 1.77. The van der Waals surface area contributed by atoms with Gasteiger partial charge in [0.05, 0.1) is 0 Å². The molecule has 1 N–H and O–H groups in total. The van der Waals surface area contributed by atoms with Crippen LogP contribution in [-0.4, -0.2) is 25.6 Å². The van der Waals surface area contributed by atoms with Crippen LogP contribution in [0.15, 0.2) is 24.3 Å². The molecule has 1 aliphatic carbocycles. The van der Waals surface area contributed by atoms with Crippen molar-refractivity contribution < 1.29 is 22.6 Å². The molecule has 21 heavy (non-hydrogen) atoms. The molecule has 1 aromatic rings. The van der Waals surface area contributed by atoms with Gasteiger partial charge in [0.15, 0.2) is 11.5 Å². The van der Waals surface area contributed by atoms with E-state index in [2.05, 4.69) is 10.1 Å². The Hall–Kier alpha value is -1.43. The first-order valence-electron chi connectivity index (χ1n) is 7.25. The van der Waals surface area contributed by atoms with Crippen molar-refractivity contribution in [2.24, 2.45) is 0 Å². The summed E-state index contributed by atoms with van der Waals surface area (Å²) in [4.78, 5) is 0. The lowest BCUT2D eigenvalue weighted by Crippen LogP contribution is -2.34. The van der Waals surface area contributed by atoms with Gasteiger partial charge in [0.2, 0.25) is 0 Å². The highest BCUT2D eigenvalue weighted by Gasteiger charge is 2.32. The Morgan fingerprint density at radius 2 is 1.71 bits per heavy atom. The Labute approximate surface area is 122 Å². The van der Waals surface area contributed by atoms with Gasteiger partial charge in [-0.1, -0.05) is 31.4 Å². The highest BCUT2D eigenvalue weighted by atomic mass is 19.4. The van der Waals surface area contributed by atoms with Crippen LogP contribution in [-0.2, 0) is 0 Å². The molecule has 1 fully saturated rings. The van der Waals surface area contributed by atoms with E-state index in [1.807, 2.05) is 0 Å². The first kappa shape index (κ1) is 15.9. The zero-order chi connectivity index (χ0) is 15.1. The van der Waals surface area contributed by atoms with E-state index in [0.29, 0.717) is 19.2 Å². The predicted molar refractivity (Wildman–Crippen MR) is 73.5 cm³/mol. The molecule has 0 heterocycles. The number of nitrogens with one attached hydrogen (secondary N) is 1. The molecule has 0 amide bonds. The maximum atomic E-state index is 12.3. The summed E-state index contributed by atoms with van der Waals surface area (Å²) < 4.78 is 46.1. The second-order valence-corrected chi connectivity index (χ2v) is 5.13. The first-order valence-corrected chi connectivity index (χ1v) is 7.25. The van der Waals surface area contributed by atoms with Crippen molar-refractivity contribution in [3.05, 3.63) is 24.3 Å². The Morgan fingerprint density at radius 3 is 2.38 bits per heavy atom. The van der Waals surface area contributed by atoms with E-state index in [0.717, 1.165) is 12.8 Å². The number of para-hydroxylation sites is 2. The molecular weight excluding hydrogens is 283 g/mol. The van der Waals surface area contributed by atoms with Crippen LogP contribution in [0.25, 0.3) is 0 Å². The van der Waals surface area contributed by atoms with Gasteiger partial charge < -0.3 is 14.8 Å². The van der Waals surface area contributed by atoms with Crippen molar-refractivity contribution in [2.45, 2.75) is 44.5 Å². The van der Waals surface area contributed by atoms with Gasteiger partial charge in [-0.05, 0) is 25.0 Å². The van der Waals surface area contributed by atoms with E-state index in [-0.39, 0.29) is 11.5 Å². The van der Waals surface area contributed by atoms with Gasteiger partial charge in [-0.25, -0.2) is 0 Å². The normalized spacial score (nSPS) is 16.7. The van der Waals surface area contributed by atoms with Crippen LogP contribution in [0.1, 0.15) is 32.1 Å². The van der Waals surface area contributed by atoms with Crippen LogP contribution < -0.4 is 14.8 Å². The summed E-state index contributed by atoms with van der Waals surface area (Å²) in [6.45, 7) is 0.930. The number of rotatable bonds is 6. The minimum atomic E-state index is -4.71. The zero-order valence-electron chi connectivity index (χ0n) is 11.8. The van der Waals surface area contributed by atoms with Crippen molar-refractivity contribution >= 4 is 0 Å². The van der Waals surface area contributed by atoms with Gasteiger partial charge in [-0.15, -0.1) is 13.2 Å². The van der Waals surface area contributed by atoms with E-state index in [9.17, 15) is 13.2 Å². The molecule has 1 saturated carbocycles. The third-order valence-corrected chi connectivity index (χ3v) is 3.47. The standard InChI is InChI=1S/C15H20F3NO2/c16-15(17,18)21-14-9-5-4-8-13(14)20-11-10-19-12-6-2-1-3-7-12/h4-5,8-9,12,19H,1-3,6-7,10-11H2. The molecule has 0 aromatic heterocycles. The molecular formula is C15H20F3NO2. The highest BCUT2D eigenvalue weighted by molar-refractivity contribution is 5.39. The largest absolute Gasteiger partial charge is 0.573 e. The molecule has 3 nitrogen and oxygen atoms in total. The van der Waals surface area contributed by atoms with Crippen LogP contribution in [0.2, 0.25) is 0 Å². The van der Waals surface area contributed by atoms with Crippen molar-refractivity contribution in [3.8, 4) is 11.5 Å². The predicted octanol–water partition coefficient (Wildman–Crippen LogP) is 3.89. The van der Waals surface area contributed by atoms with Crippen LogP contribution in [0.4, 0.5) is 13.2 Å². The third kappa shape index (κ3) is 5.83. The lowest BCUT2D eigenvalue weighted by Gasteiger charge is -2.23. The minimum Gasteiger partial charge on any atom is -0.488 e. The van der Waals surface area contributed by atoms with E-state index in [1.54, 1.807) is 6.07 Å². The maximum absolute atomic E-state index is 12.3. The number of benzene rings is 1. The molecule has 0 bridgehead atoms. The summed E-state index contributed by atoms with van der Waals surface area (Å²) in [5, 5.41) is 3.37. The van der Waals surface area contributed by atoms with Crippen LogP contribution in [0, 0.1) is 0 Å². The van der Waals surface area contributed by atoms with Gasteiger partial charge in [0.25, 0.3) is 0 Å². The van der Waals surface area contributed by atoms with E-state index >= 15 is 0 Å². The lowest BCUT2D eigenvalue weighted by atomic mass is 9.96. The summed E-state index contributed by atoms with van der Waals surface area (Å²) in [5.41, 5.74) is 0. The molecule has 0 atom stereocenters. The summed E-state index contributed by atoms with van der Waals surface area (Å²) in [6, 6.07) is 6.32. The number of ether oxygens (including phenoxy) is 2. The van der Waals surface area contributed by atoms with Crippen LogP contribution in [0.3, 0.4) is 0 Å². The average molecular weight is 303 g/mol. The monoisotopic (exact) mass is 303 g/mol. The topological polar surface area (TPSA) is 30.5 Å². The SMILES string of the molecule is FC(F)(F)Oc1ccccc1OCCNC1CCCCC1. The molecule has 118 valence electrons. The number of hydrogen-bond acceptors (Lipinski definition) is 3. The summed E-state index contributed by atoms with van der Waals surface area (Å²) in [6.07, 6.45) is 1.37. The molecule has 0 saturated heterocycles. The van der Waals surface area contributed by atoms with Gasteiger partial charge >= 0.3 is 6.36 Å². The van der Waals surface area contributed by atoms with Gasteiger partial charge in [-0.3, -0.25) is 0 Å². The Kier molecular flexibility index (Phi) is 5.73. The lowest BCUT2D eigenvalue weighted by molar-refractivity contribution is -0.275. The molecule has 0 spiro atoms. The van der Waals surface area contributed by atoms with Gasteiger partial charge in [0, 0.05) is 12.6 Å².